The molecular formula is C48H85N5O10. The molecule has 2 rings (SSSR count). The second kappa shape index (κ2) is 27.5. The van der Waals surface area contributed by atoms with Crippen LogP contribution >= 0.6 is 0 Å². The van der Waals surface area contributed by atoms with E-state index in [-0.39, 0.29) is 44.2 Å². The number of carboxylic acid groups (broad SMARTS) is 1. The van der Waals surface area contributed by atoms with E-state index in [0.29, 0.717) is 13.2 Å². The highest BCUT2D eigenvalue weighted by Gasteiger charge is 2.36. The van der Waals surface area contributed by atoms with Crippen molar-refractivity contribution in [2.75, 3.05) is 27.4 Å². The zero-order valence-corrected chi connectivity index (χ0v) is 39.8. The predicted molar refractivity (Wildman–Crippen MR) is 252 cm³/mol. The molecule has 0 spiro atoms. The Morgan fingerprint density at radius 2 is 0.841 bits per heavy atom. The lowest BCUT2D eigenvalue weighted by atomic mass is 9.86. The maximum Gasteiger partial charge on any atom is 0.408 e. The minimum atomic E-state index is -1.07. The van der Waals surface area contributed by atoms with Gasteiger partial charge in [-0.05, 0) is 68.9 Å². The highest BCUT2D eigenvalue weighted by molar-refractivity contribution is 5.87. The summed E-state index contributed by atoms with van der Waals surface area (Å²) in [6.45, 7) is 28.0. The summed E-state index contributed by atoms with van der Waals surface area (Å²) < 4.78 is 20.7. The molecule has 63 heavy (non-hydrogen) atoms. The molecule has 5 atom stereocenters. The Balaban J connectivity index is -0.000000872. The van der Waals surface area contributed by atoms with Gasteiger partial charge < -0.3 is 51.1 Å². The van der Waals surface area contributed by atoms with E-state index in [1.807, 2.05) is 102 Å². The van der Waals surface area contributed by atoms with Crippen molar-refractivity contribution in [3.8, 4) is 0 Å². The van der Waals surface area contributed by atoms with Gasteiger partial charge in [-0.2, -0.15) is 0 Å². The summed E-state index contributed by atoms with van der Waals surface area (Å²) in [5.41, 5.74) is 5.32. The number of carbonyl (C=O) groups is 5. The monoisotopic (exact) mass is 892 g/mol. The first-order valence-corrected chi connectivity index (χ1v) is 20.4. The maximum atomic E-state index is 12.9. The lowest BCUT2D eigenvalue weighted by Crippen LogP contribution is -2.55. The Morgan fingerprint density at radius 1 is 0.524 bits per heavy atom. The number of aliphatic carboxylic acids is 1. The first-order valence-electron chi connectivity index (χ1n) is 20.4. The SMILES string of the molecule is C.C.CC(C)(C)OC(=O)N[C@H](C(=O)O)C(C)(C)C.COCC(NC(=O)[C@@H](N)C(C)(C)C)c1ccccc1.COCC(NC(=O)[C@@H](NC(=O)OC(C)(C)C)C(C)(C)C)c1ccccc1. The van der Waals surface area contributed by atoms with Gasteiger partial charge in [0, 0.05) is 14.2 Å². The van der Waals surface area contributed by atoms with Crippen LogP contribution in [0.15, 0.2) is 60.7 Å². The van der Waals surface area contributed by atoms with Crippen molar-refractivity contribution in [3.63, 3.8) is 0 Å². The molecule has 2 aromatic rings. The Bertz CT molecular complexity index is 1640. The molecule has 0 heterocycles. The van der Waals surface area contributed by atoms with Crippen LogP contribution in [0.3, 0.4) is 0 Å². The molecule has 0 aliphatic carbocycles. The van der Waals surface area contributed by atoms with Gasteiger partial charge in [0.15, 0.2) is 0 Å². The molecule has 0 aliphatic rings. The maximum absolute atomic E-state index is 12.9. The minimum absolute atomic E-state index is 0. The molecule has 7 N–H and O–H groups in total. The van der Waals surface area contributed by atoms with Gasteiger partial charge in [-0.1, -0.05) is 138 Å². The zero-order valence-electron chi connectivity index (χ0n) is 39.8. The number of rotatable bonds is 13. The fraction of sp³-hybridized carbons (Fsp3) is 0.646. The molecule has 362 valence electrons. The summed E-state index contributed by atoms with van der Waals surface area (Å²) in [5.74, 6) is -1.51. The Labute approximate surface area is 379 Å². The van der Waals surface area contributed by atoms with Crippen LogP contribution in [0.4, 0.5) is 9.59 Å². The second-order valence-electron chi connectivity index (χ2n) is 19.9. The highest BCUT2D eigenvalue weighted by atomic mass is 16.6. The number of amides is 4. The molecule has 2 aromatic carbocycles. The van der Waals surface area contributed by atoms with Crippen LogP contribution in [0.2, 0.25) is 0 Å². The molecule has 15 nitrogen and oxygen atoms in total. The molecule has 0 bridgehead atoms. The molecule has 0 radical (unpaired) electrons. The van der Waals surface area contributed by atoms with Gasteiger partial charge in [0.2, 0.25) is 11.8 Å². The van der Waals surface area contributed by atoms with Crippen molar-refractivity contribution < 1.29 is 48.0 Å². The standard InChI is InChI=1S/C20H32N2O4.C15H24N2O2.C11H21NO4.2CH4/c1-19(2,3)16(22-18(24)26-20(4,5)6)17(23)21-15(13-25-7)14-11-9-8-10-12-14;1-15(2,3)13(16)14(18)17-12(10-19-4)11-8-6-5-7-9-11;1-10(2,3)7(8(13)14)12-9(15)16-11(4,5)6;;/h8-12,15-16H,13H2,1-7H3,(H,21,23)(H,22,24);5-9,12-13H,10,16H2,1-4H3,(H,17,18);7H,1-6H3,(H,12,15)(H,13,14);2*1H4/t15?,16-;12?,13-;7-;;/m111../s1. The van der Waals surface area contributed by atoms with Crippen molar-refractivity contribution in [2.45, 2.75) is 160 Å². The van der Waals surface area contributed by atoms with Crippen molar-refractivity contribution in [1.82, 2.24) is 21.3 Å². The van der Waals surface area contributed by atoms with E-state index in [2.05, 4.69) is 21.3 Å². The van der Waals surface area contributed by atoms with Gasteiger partial charge in [-0.25, -0.2) is 14.4 Å². The van der Waals surface area contributed by atoms with Crippen LogP contribution in [0.1, 0.15) is 142 Å². The van der Waals surface area contributed by atoms with E-state index in [1.54, 1.807) is 76.5 Å². The van der Waals surface area contributed by atoms with Crippen LogP contribution < -0.4 is 27.0 Å². The fourth-order valence-electron chi connectivity index (χ4n) is 5.23. The molecule has 0 saturated carbocycles. The van der Waals surface area contributed by atoms with Gasteiger partial charge in [0.25, 0.3) is 0 Å². The smallest absolute Gasteiger partial charge is 0.408 e. The second-order valence-corrected chi connectivity index (χ2v) is 19.9. The third kappa shape index (κ3) is 26.5. The molecule has 0 aromatic heterocycles. The summed E-state index contributed by atoms with van der Waals surface area (Å²) >= 11 is 0. The average Bonchev–Trinajstić information content (AvgIpc) is 3.10. The molecular weight excluding hydrogens is 807 g/mol. The lowest BCUT2D eigenvalue weighted by Gasteiger charge is -2.32. The van der Waals surface area contributed by atoms with Crippen LogP contribution in [0.5, 0.6) is 0 Å². The molecule has 0 saturated heterocycles. The third-order valence-corrected chi connectivity index (χ3v) is 8.48. The van der Waals surface area contributed by atoms with Gasteiger partial charge in [0.1, 0.15) is 23.3 Å². The molecule has 0 fully saturated rings. The molecule has 15 heteroatoms. The van der Waals surface area contributed by atoms with E-state index in [9.17, 15) is 24.0 Å². The van der Waals surface area contributed by atoms with Gasteiger partial charge >= 0.3 is 18.2 Å². The summed E-state index contributed by atoms with van der Waals surface area (Å²) in [6, 6.07) is 16.6. The quantitative estimate of drug-likeness (QED) is 0.112. The van der Waals surface area contributed by atoms with Crippen molar-refractivity contribution in [2.24, 2.45) is 22.0 Å². The van der Waals surface area contributed by atoms with Crippen molar-refractivity contribution in [1.29, 1.82) is 0 Å². The number of alkyl carbamates (subject to hydrolysis) is 2. The average molecular weight is 892 g/mol. The Morgan fingerprint density at radius 3 is 1.11 bits per heavy atom. The van der Waals surface area contributed by atoms with E-state index in [0.717, 1.165) is 11.1 Å². The topological polar surface area (TPSA) is 217 Å². The van der Waals surface area contributed by atoms with E-state index in [1.165, 1.54) is 0 Å². The number of nitrogens with one attached hydrogen (secondary N) is 4. The van der Waals surface area contributed by atoms with Crippen molar-refractivity contribution >= 4 is 30.0 Å². The number of nitrogens with two attached hydrogens (primary N) is 1. The first kappa shape index (κ1) is 62.6. The third-order valence-electron chi connectivity index (χ3n) is 8.48. The number of carboxylic acids is 1. The largest absolute Gasteiger partial charge is 0.480 e. The summed E-state index contributed by atoms with van der Waals surface area (Å²) in [7, 11) is 3.20. The van der Waals surface area contributed by atoms with Gasteiger partial charge in [-0.3, -0.25) is 9.59 Å². The highest BCUT2D eigenvalue weighted by Crippen LogP contribution is 2.23. The predicted octanol–water partition coefficient (Wildman–Crippen LogP) is 8.58. The zero-order chi connectivity index (χ0) is 47.6. The van der Waals surface area contributed by atoms with E-state index < -0.39 is 58.3 Å². The number of methoxy groups -OCH3 is 2. The Hall–Kier alpha value is -4.73. The summed E-state index contributed by atoms with van der Waals surface area (Å²) in [5, 5.41) is 20.0. The van der Waals surface area contributed by atoms with Crippen molar-refractivity contribution in [3.05, 3.63) is 71.8 Å². The normalized spacial score (nSPS) is 13.9. The van der Waals surface area contributed by atoms with Crippen LogP contribution in [0.25, 0.3) is 0 Å². The minimum Gasteiger partial charge on any atom is -0.480 e. The van der Waals surface area contributed by atoms with Gasteiger partial charge in [-0.15, -0.1) is 0 Å². The van der Waals surface area contributed by atoms with Crippen LogP contribution in [-0.2, 0) is 33.3 Å². The number of benzene rings is 2. The fourth-order valence-corrected chi connectivity index (χ4v) is 5.23. The van der Waals surface area contributed by atoms with E-state index >= 15 is 0 Å². The number of hydrogen-bond donors (Lipinski definition) is 6. The van der Waals surface area contributed by atoms with Crippen LogP contribution in [-0.4, -0.2) is 91.8 Å². The molecule has 2 unspecified atom stereocenters. The van der Waals surface area contributed by atoms with Crippen LogP contribution in [0, 0.1) is 16.2 Å². The molecule has 0 aliphatic heterocycles. The molecule has 4 amide bonds. The summed E-state index contributed by atoms with van der Waals surface area (Å²) in [6.07, 6.45) is -1.33. The number of ether oxygens (including phenoxy) is 4. The lowest BCUT2D eigenvalue weighted by molar-refractivity contribution is -0.142. The van der Waals surface area contributed by atoms with Gasteiger partial charge in [0.05, 0.1) is 31.3 Å². The Kier molecular flexibility index (Phi) is 27.3. The number of carbonyl (C=O) groups excluding carboxylic acids is 4. The van der Waals surface area contributed by atoms with E-state index in [4.69, 9.17) is 29.8 Å². The number of hydrogen-bond acceptors (Lipinski definition) is 10. The first-order chi connectivity index (χ1) is 27.7. The summed E-state index contributed by atoms with van der Waals surface area (Å²) in [4.78, 5) is 59.6.